The Morgan fingerprint density at radius 2 is 1.82 bits per heavy atom. The molecule has 0 bridgehead atoms. The minimum Gasteiger partial charge on any atom is -0.478 e. The van der Waals surface area contributed by atoms with Crippen LogP contribution in [0.2, 0.25) is 5.02 Å². The van der Waals surface area contributed by atoms with E-state index in [-0.39, 0.29) is 5.69 Å². The highest BCUT2D eigenvalue weighted by molar-refractivity contribution is 7.89. The fraction of sp³-hybridized carbons (Fsp3) is 0. The summed E-state index contributed by atoms with van der Waals surface area (Å²) in [6, 6.07) is 11.2. The van der Waals surface area contributed by atoms with Crippen molar-refractivity contribution >= 4 is 44.4 Å². The molecule has 1 aromatic heterocycles. The highest BCUT2D eigenvalue weighted by Gasteiger charge is 2.24. The van der Waals surface area contributed by atoms with E-state index in [1.54, 1.807) is 35.2 Å². The number of aromatic nitrogens is 1. The molecule has 3 N–H and O–H groups in total. The first-order valence-electron chi connectivity index (χ1n) is 7.59. The van der Waals surface area contributed by atoms with Gasteiger partial charge in [0.05, 0.1) is 16.1 Å². The number of aromatic carboxylic acids is 1. The van der Waals surface area contributed by atoms with Crippen LogP contribution in [-0.2, 0) is 10.0 Å². The fourth-order valence-electron chi connectivity index (χ4n) is 2.32. The topological polar surface area (TPSA) is 125 Å². The Bertz CT molecular complexity index is 1220. The summed E-state index contributed by atoms with van der Waals surface area (Å²) < 4.78 is 38.3. The zero-order valence-corrected chi connectivity index (χ0v) is 15.4. The Balaban J connectivity index is 1.83. The van der Waals surface area contributed by atoms with Crippen molar-refractivity contribution in [1.29, 1.82) is 0 Å². The molecule has 0 aliphatic heterocycles. The molecule has 0 unspecified atom stereocenters. The molecule has 2 aromatic carbocycles. The summed E-state index contributed by atoms with van der Waals surface area (Å²) in [5.41, 5.74) is 1.55. The summed E-state index contributed by atoms with van der Waals surface area (Å²) in [5.74, 6) is -3.72. The highest BCUT2D eigenvalue weighted by atomic mass is 35.5. The molecule has 3 aromatic rings. The number of hydrogen-bond donors (Lipinski definition) is 3. The lowest BCUT2D eigenvalue weighted by molar-refractivity contribution is 0.0691. The molecule has 0 atom stereocenters. The number of sulfonamides is 1. The van der Waals surface area contributed by atoms with Crippen molar-refractivity contribution in [3.05, 3.63) is 70.6 Å². The Hall–Kier alpha value is -3.08. The second-order valence-corrected chi connectivity index (χ2v) is 7.57. The number of hydrazine groups is 1. The van der Waals surface area contributed by atoms with Gasteiger partial charge in [-0.2, -0.15) is 0 Å². The van der Waals surface area contributed by atoms with Crippen LogP contribution >= 0.6 is 11.6 Å². The van der Waals surface area contributed by atoms with Crippen molar-refractivity contribution in [2.75, 3.05) is 0 Å². The van der Waals surface area contributed by atoms with Gasteiger partial charge < -0.3 is 5.11 Å². The van der Waals surface area contributed by atoms with E-state index in [9.17, 15) is 22.4 Å². The summed E-state index contributed by atoms with van der Waals surface area (Å²) in [7, 11) is -4.48. The van der Waals surface area contributed by atoms with E-state index in [1.165, 1.54) is 6.07 Å². The number of fused-ring (bicyclic) bond motifs is 1. The zero-order chi connectivity index (χ0) is 20.5. The van der Waals surface area contributed by atoms with Crippen LogP contribution in [0, 0.1) is 5.82 Å². The van der Waals surface area contributed by atoms with Crippen LogP contribution in [-0.4, -0.2) is 30.4 Å². The maximum atomic E-state index is 13.6. The number of para-hydroxylation sites is 1. The largest absolute Gasteiger partial charge is 0.478 e. The zero-order valence-electron chi connectivity index (χ0n) is 13.8. The van der Waals surface area contributed by atoms with Crippen molar-refractivity contribution < 1.29 is 27.5 Å². The first-order chi connectivity index (χ1) is 13.2. The molecular formula is C17H11ClFN3O5S. The van der Waals surface area contributed by atoms with Gasteiger partial charge in [0.2, 0.25) is 0 Å². The molecule has 1 heterocycles. The molecule has 0 spiro atoms. The number of hydrogen-bond acceptors (Lipinski definition) is 5. The molecule has 0 saturated carbocycles. The van der Waals surface area contributed by atoms with E-state index < -0.39 is 43.2 Å². The number of halogens is 2. The smallest absolute Gasteiger partial charge is 0.338 e. The molecule has 144 valence electrons. The number of carbonyl (C=O) groups is 2. The second kappa shape index (κ2) is 7.50. The van der Waals surface area contributed by atoms with Gasteiger partial charge >= 0.3 is 5.97 Å². The van der Waals surface area contributed by atoms with Crippen LogP contribution in [0.5, 0.6) is 0 Å². The number of amides is 1. The molecule has 0 aliphatic carbocycles. The van der Waals surface area contributed by atoms with Crippen LogP contribution in [0.1, 0.15) is 20.8 Å². The van der Waals surface area contributed by atoms with Crippen LogP contribution in [0.25, 0.3) is 10.9 Å². The molecule has 0 fully saturated rings. The quantitative estimate of drug-likeness (QED) is 0.541. The van der Waals surface area contributed by atoms with Crippen LogP contribution in [0.3, 0.4) is 0 Å². The van der Waals surface area contributed by atoms with Gasteiger partial charge in [-0.3, -0.25) is 10.2 Å². The molecule has 0 saturated heterocycles. The van der Waals surface area contributed by atoms with Gasteiger partial charge in [0.15, 0.2) is 0 Å². The van der Waals surface area contributed by atoms with E-state index in [1.807, 2.05) is 5.43 Å². The molecule has 0 aliphatic rings. The third-order valence-electron chi connectivity index (χ3n) is 3.67. The van der Waals surface area contributed by atoms with Crippen LogP contribution in [0.15, 0.2) is 53.4 Å². The van der Waals surface area contributed by atoms with Gasteiger partial charge in [0, 0.05) is 5.39 Å². The number of carboxylic acids is 1. The van der Waals surface area contributed by atoms with Crippen LogP contribution in [0.4, 0.5) is 4.39 Å². The summed E-state index contributed by atoms with van der Waals surface area (Å²) >= 11 is 5.71. The molecule has 8 nitrogen and oxygen atoms in total. The Morgan fingerprint density at radius 1 is 1.11 bits per heavy atom. The summed E-state index contributed by atoms with van der Waals surface area (Å²) in [4.78, 5) is 28.4. The number of benzene rings is 2. The first kappa shape index (κ1) is 19.7. The third-order valence-corrected chi connectivity index (χ3v) is 5.38. The summed E-state index contributed by atoms with van der Waals surface area (Å²) in [5, 5.41) is 9.17. The summed E-state index contributed by atoms with van der Waals surface area (Å²) in [6.07, 6.45) is 0. The second-order valence-electron chi connectivity index (χ2n) is 5.52. The highest BCUT2D eigenvalue weighted by Crippen LogP contribution is 2.25. The van der Waals surface area contributed by atoms with Gasteiger partial charge in [-0.05, 0) is 24.3 Å². The molecule has 28 heavy (non-hydrogen) atoms. The maximum absolute atomic E-state index is 13.6. The maximum Gasteiger partial charge on any atom is 0.338 e. The number of nitrogens with one attached hydrogen (secondary N) is 2. The third kappa shape index (κ3) is 3.93. The molecule has 3 rings (SSSR count). The molecular weight excluding hydrogens is 413 g/mol. The first-order valence-corrected chi connectivity index (χ1v) is 9.45. The predicted octanol–water partition coefficient (Wildman–Crippen LogP) is 2.35. The lowest BCUT2D eigenvalue weighted by atomic mass is 10.2. The SMILES string of the molecule is O=C(NNS(=O)(=O)c1cc(C(=O)O)c(F)cc1Cl)c1ccc2ccccc2n1. The minimum atomic E-state index is -4.48. The van der Waals surface area contributed by atoms with Crippen molar-refractivity contribution in [2.24, 2.45) is 0 Å². The number of nitrogens with zero attached hydrogens (tertiary/aromatic N) is 1. The van der Waals surface area contributed by atoms with Crippen molar-refractivity contribution in [2.45, 2.75) is 4.90 Å². The lowest BCUT2D eigenvalue weighted by Crippen LogP contribution is -2.42. The van der Waals surface area contributed by atoms with Gasteiger partial charge in [-0.15, -0.1) is 4.83 Å². The standard InChI is InChI=1S/C17H11ClFN3O5S/c18-11-8-12(19)10(17(24)25)7-15(11)28(26,27)22-21-16(23)14-6-5-9-3-1-2-4-13(9)20-14/h1-8,22H,(H,21,23)(H,24,25). The lowest BCUT2D eigenvalue weighted by Gasteiger charge is -2.11. The van der Waals surface area contributed by atoms with Crippen LogP contribution < -0.4 is 10.3 Å². The van der Waals surface area contributed by atoms with Crippen molar-refractivity contribution in [1.82, 2.24) is 15.2 Å². The number of carbonyl (C=O) groups excluding carboxylic acids is 1. The van der Waals surface area contributed by atoms with E-state index >= 15 is 0 Å². The molecule has 0 radical (unpaired) electrons. The van der Waals surface area contributed by atoms with Crippen molar-refractivity contribution in [3.63, 3.8) is 0 Å². The van der Waals surface area contributed by atoms with E-state index in [2.05, 4.69) is 4.98 Å². The number of pyridine rings is 1. The van der Waals surface area contributed by atoms with E-state index in [0.717, 1.165) is 5.39 Å². The Kier molecular flexibility index (Phi) is 5.27. The average molecular weight is 424 g/mol. The monoisotopic (exact) mass is 423 g/mol. The average Bonchev–Trinajstić information content (AvgIpc) is 2.65. The molecule has 11 heteroatoms. The predicted molar refractivity (Wildman–Crippen MR) is 97.9 cm³/mol. The number of rotatable bonds is 5. The van der Waals surface area contributed by atoms with E-state index in [4.69, 9.17) is 16.7 Å². The van der Waals surface area contributed by atoms with Gasteiger partial charge in [-0.1, -0.05) is 35.9 Å². The van der Waals surface area contributed by atoms with E-state index in [0.29, 0.717) is 17.6 Å². The Morgan fingerprint density at radius 3 is 2.54 bits per heavy atom. The van der Waals surface area contributed by atoms with Crippen molar-refractivity contribution in [3.8, 4) is 0 Å². The minimum absolute atomic E-state index is 0.0576. The number of carboxylic acid groups (broad SMARTS) is 1. The normalized spacial score (nSPS) is 11.4. The van der Waals surface area contributed by atoms with Gasteiger partial charge in [0.25, 0.3) is 15.9 Å². The summed E-state index contributed by atoms with van der Waals surface area (Å²) in [6.45, 7) is 0. The fourth-order valence-corrected chi connectivity index (χ4v) is 3.70. The molecule has 1 amide bonds. The van der Waals surface area contributed by atoms with Gasteiger partial charge in [-0.25, -0.2) is 22.6 Å². The Labute approximate surface area is 163 Å². The van der Waals surface area contributed by atoms with Gasteiger partial charge in [0.1, 0.15) is 16.4 Å².